The van der Waals surface area contributed by atoms with Crippen molar-refractivity contribution in [1.29, 1.82) is 0 Å². The molecule has 1 unspecified atom stereocenters. The minimum atomic E-state index is -0.644. The number of carbonyl (C=O) groups excluding carboxylic acids is 2. The van der Waals surface area contributed by atoms with Crippen molar-refractivity contribution in [2.75, 3.05) is 23.9 Å². The molecule has 0 saturated heterocycles. The number of benzene rings is 2. The average Bonchev–Trinajstić information content (AvgIpc) is 3.29. The highest BCUT2D eigenvalue weighted by atomic mass is 32.2. The number of thioether (sulfide) groups is 1. The number of hydrogen-bond donors (Lipinski definition) is 2. The van der Waals surface area contributed by atoms with Crippen molar-refractivity contribution >= 4 is 29.3 Å². The summed E-state index contributed by atoms with van der Waals surface area (Å²) < 4.78 is 7.29. The zero-order chi connectivity index (χ0) is 21.9. The molecule has 0 radical (unpaired) electrons. The van der Waals surface area contributed by atoms with Crippen LogP contribution >= 0.6 is 11.8 Å². The summed E-state index contributed by atoms with van der Waals surface area (Å²) in [6, 6.07) is 17.9. The predicted octanol–water partition coefficient (Wildman–Crippen LogP) is 3.19. The van der Waals surface area contributed by atoms with E-state index in [1.165, 1.54) is 0 Å². The summed E-state index contributed by atoms with van der Waals surface area (Å²) >= 11 is 1.62. The van der Waals surface area contributed by atoms with Gasteiger partial charge in [0.15, 0.2) is 6.61 Å². The van der Waals surface area contributed by atoms with Crippen LogP contribution in [0, 0.1) is 0 Å². The van der Waals surface area contributed by atoms with Crippen LogP contribution in [0.15, 0.2) is 73.1 Å². The number of rotatable bonds is 11. The Morgan fingerprint density at radius 2 is 1.97 bits per heavy atom. The molecule has 2 aromatic carbocycles. The van der Waals surface area contributed by atoms with Gasteiger partial charge < -0.3 is 15.4 Å². The van der Waals surface area contributed by atoms with E-state index in [2.05, 4.69) is 15.7 Å². The van der Waals surface area contributed by atoms with E-state index in [4.69, 9.17) is 4.74 Å². The molecule has 0 aliphatic rings. The van der Waals surface area contributed by atoms with Crippen LogP contribution in [0.1, 0.15) is 12.0 Å². The van der Waals surface area contributed by atoms with Crippen molar-refractivity contribution in [3.63, 3.8) is 0 Å². The molecule has 8 heteroatoms. The molecule has 3 aromatic rings. The highest BCUT2D eigenvalue weighted by molar-refractivity contribution is 7.98. The van der Waals surface area contributed by atoms with Crippen molar-refractivity contribution < 1.29 is 14.3 Å². The number of amides is 2. The second-order valence-corrected chi connectivity index (χ2v) is 7.88. The van der Waals surface area contributed by atoms with Gasteiger partial charge in [0, 0.05) is 18.1 Å². The fraction of sp³-hybridized carbons (Fsp3) is 0.261. The van der Waals surface area contributed by atoms with E-state index in [0.29, 0.717) is 24.4 Å². The van der Waals surface area contributed by atoms with Crippen LogP contribution in [0.25, 0.3) is 0 Å². The first-order valence-corrected chi connectivity index (χ1v) is 11.4. The van der Waals surface area contributed by atoms with Gasteiger partial charge in [0.1, 0.15) is 11.8 Å². The van der Waals surface area contributed by atoms with Crippen LogP contribution in [-0.4, -0.2) is 46.3 Å². The zero-order valence-electron chi connectivity index (χ0n) is 17.4. The summed E-state index contributed by atoms with van der Waals surface area (Å²) in [6.07, 6.45) is 6.11. The number of carbonyl (C=O) groups is 2. The molecule has 0 bridgehead atoms. The summed E-state index contributed by atoms with van der Waals surface area (Å²) in [6.45, 7) is 0.465. The summed E-state index contributed by atoms with van der Waals surface area (Å²) in [7, 11) is 0. The second kappa shape index (κ2) is 11.8. The second-order valence-electron chi connectivity index (χ2n) is 6.90. The fourth-order valence-electron chi connectivity index (χ4n) is 2.96. The third kappa shape index (κ3) is 7.49. The molecule has 0 saturated carbocycles. The Morgan fingerprint density at radius 3 is 2.71 bits per heavy atom. The summed E-state index contributed by atoms with van der Waals surface area (Å²) in [5.74, 6) is 0.768. The maximum atomic E-state index is 12.9. The molecule has 2 N–H and O–H groups in total. The fourth-order valence-corrected chi connectivity index (χ4v) is 3.44. The van der Waals surface area contributed by atoms with Crippen LogP contribution in [0.5, 0.6) is 5.75 Å². The molecular weight excluding hydrogens is 412 g/mol. The van der Waals surface area contributed by atoms with Crippen LogP contribution in [-0.2, 0) is 16.1 Å². The van der Waals surface area contributed by atoms with E-state index in [-0.39, 0.29) is 18.4 Å². The lowest BCUT2D eigenvalue weighted by atomic mass is 10.1. The molecule has 3 rings (SSSR count). The normalized spacial score (nSPS) is 11.5. The zero-order valence-corrected chi connectivity index (χ0v) is 18.2. The lowest BCUT2D eigenvalue weighted by molar-refractivity contribution is -0.127. The van der Waals surface area contributed by atoms with Crippen molar-refractivity contribution in [3.05, 3.63) is 78.6 Å². The summed E-state index contributed by atoms with van der Waals surface area (Å²) in [4.78, 5) is 25.2. The van der Waals surface area contributed by atoms with E-state index in [0.717, 1.165) is 11.3 Å². The Hall–Kier alpha value is -3.26. The number of hydrogen-bond acceptors (Lipinski definition) is 5. The average molecular weight is 439 g/mol. The Kier molecular flexibility index (Phi) is 8.54. The molecule has 1 atom stereocenters. The molecule has 2 amide bonds. The van der Waals surface area contributed by atoms with Crippen LogP contribution in [0.4, 0.5) is 5.69 Å². The lowest BCUT2D eigenvalue weighted by Crippen LogP contribution is -2.45. The lowest BCUT2D eigenvalue weighted by Gasteiger charge is -2.18. The van der Waals surface area contributed by atoms with Crippen molar-refractivity contribution in [2.24, 2.45) is 0 Å². The van der Waals surface area contributed by atoms with E-state index >= 15 is 0 Å². The number of aromatic nitrogens is 2. The molecule has 1 heterocycles. The third-order valence-electron chi connectivity index (χ3n) is 4.47. The first kappa shape index (κ1) is 22.4. The minimum absolute atomic E-state index is 0.146. The molecular formula is C23H26N4O3S. The Morgan fingerprint density at radius 1 is 1.13 bits per heavy atom. The Bertz CT molecular complexity index is 964. The van der Waals surface area contributed by atoms with Crippen LogP contribution in [0.2, 0.25) is 0 Å². The van der Waals surface area contributed by atoms with Crippen molar-refractivity contribution in [2.45, 2.75) is 19.0 Å². The highest BCUT2D eigenvalue weighted by Gasteiger charge is 2.21. The van der Waals surface area contributed by atoms with Crippen molar-refractivity contribution in [1.82, 2.24) is 15.1 Å². The number of anilines is 1. The number of nitrogens with zero attached hydrogens (tertiary/aromatic N) is 2. The van der Waals surface area contributed by atoms with Gasteiger partial charge in [-0.15, -0.1) is 0 Å². The van der Waals surface area contributed by atoms with Crippen LogP contribution < -0.4 is 15.4 Å². The maximum absolute atomic E-state index is 12.9. The monoisotopic (exact) mass is 438 g/mol. The largest absolute Gasteiger partial charge is 0.484 e. The minimum Gasteiger partial charge on any atom is -0.484 e. The predicted molar refractivity (Wildman–Crippen MR) is 123 cm³/mol. The standard InChI is InChI=1S/C23H26N4O3S/c1-31-14-11-21(26-22(28)17-30-20-9-3-2-4-10-20)23(29)25-19-8-5-7-18(15-19)16-27-13-6-12-24-27/h2-10,12-13,15,21H,11,14,16-17H2,1H3,(H,25,29)(H,26,28). The molecule has 7 nitrogen and oxygen atoms in total. The Labute approximate surface area is 186 Å². The van der Waals surface area contributed by atoms with Gasteiger partial charge in [0.2, 0.25) is 5.91 Å². The van der Waals surface area contributed by atoms with Gasteiger partial charge in [-0.2, -0.15) is 16.9 Å². The summed E-state index contributed by atoms with van der Waals surface area (Å²) in [5, 5.41) is 9.91. The first-order valence-electron chi connectivity index (χ1n) is 9.97. The number of para-hydroxylation sites is 1. The quantitative estimate of drug-likeness (QED) is 0.480. The molecule has 0 aliphatic heterocycles. The van der Waals surface area contributed by atoms with E-state index in [1.807, 2.05) is 65.7 Å². The van der Waals surface area contributed by atoms with Crippen molar-refractivity contribution in [3.8, 4) is 5.75 Å². The molecule has 0 spiro atoms. The topological polar surface area (TPSA) is 85.2 Å². The third-order valence-corrected chi connectivity index (χ3v) is 5.12. The van der Waals surface area contributed by atoms with Crippen LogP contribution in [0.3, 0.4) is 0 Å². The van der Waals surface area contributed by atoms with E-state index < -0.39 is 6.04 Å². The van der Waals surface area contributed by atoms with E-state index in [9.17, 15) is 9.59 Å². The molecule has 162 valence electrons. The first-order chi connectivity index (χ1) is 15.1. The maximum Gasteiger partial charge on any atom is 0.258 e. The highest BCUT2D eigenvalue weighted by Crippen LogP contribution is 2.13. The molecule has 31 heavy (non-hydrogen) atoms. The van der Waals surface area contributed by atoms with Gasteiger partial charge in [0.05, 0.1) is 6.54 Å². The van der Waals surface area contributed by atoms with Gasteiger partial charge >= 0.3 is 0 Å². The van der Waals surface area contributed by atoms with Gasteiger partial charge in [-0.05, 0) is 54.3 Å². The van der Waals surface area contributed by atoms with Gasteiger partial charge in [-0.1, -0.05) is 30.3 Å². The molecule has 0 fully saturated rings. The molecule has 1 aromatic heterocycles. The van der Waals surface area contributed by atoms with E-state index in [1.54, 1.807) is 30.1 Å². The molecule has 0 aliphatic carbocycles. The van der Waals surface area contributed by atoms with Gasteiger partial charge in [-0.25, -0.2) is 0 Å². The summed E-state index contributed by atoms with van der Waals surface area (Å²) in [5.41, 5.74) is 1.70. The smallest absolute Gasteiger partial charge is 0.258 e. The van der Waals surface area contributed by atoms with Gasteiger partial charge in [0.25, 0.3) is 5.91 Å². The SMILES string of the molecule is CSCCC(NC(=O)COc1ccccc1)C(=O)Nc1cccc(Cn2cccn2)c1. The number of nitrogens with one attached hydrogen (secondary N) is 2. The number of ether oxygens (including phenoxy) is 1. The Balaban J connectivity index is 1.58. The van der Waals surface area contributed by atoms with Gasteiger partial charge in [-0.3, -0.25) is 14.3 Å².